The average molecular weight is 247 g/mol. The molecule has 3 N–H and O–H groups in total. The molecular formula is C16H25NO. The van der Waals surface area contributed by atoms with E-state index in [1.165, 1.54) is 24.0 Å². The molecule has 0 radical (unpaired) electrons. The van der Waals surface area contributed by atoms with Gasteiger partial charge in [0.15, 0.2) is 0 Å². The van der Waals surface area contributed by atoms with Crippen LogP contribution in [0.15, 0.2) is 24.3 Å². The number of nitrogens with two attached hydrogens (primary N) is 1. The summed E-state index contributed by atoms with van der Waals surface area (Å²) >= 11 is 0. The maximum absolute atomic E-state index is 9.73. The smallest absolute Gasteiger partial charge is 0.0594 e. The second-order valence-electron chi connectivity index (χ2n) is 6.45. The minimum atomic E-state index is -0.581. The predicted molar refractivity (Wildman–Crippen MR) is 75.6 cm³/mol. The zero-order valence-corrected chi connectivity index (χ0v) is 11.7. The highest BCUT2D eigenvalue weighted by Crippen LogP contribution is 2.50. The highest BCUT2D eigenvalue weighted by Gasteiger charge is 2.47. The monoisotopic (exact) mass is 247 g/mol. The van der Waals surface area contributed by atoms with Crippen LogP contribution in [0.3, 0.4) is 0 Å². The van der Waals surface area contributed by atoms with Crippen LogP contribution in [-0.2, 0) is 11.8 Å². The van der Waals surface area contributed by atoms with Crippen LogP contribution in [0.5, 0.6) is 0 Å². The molecule has 0 saturated heterocycles. The first-order chi connectivity index (χ1) is 8.33. The van der Waals surface area contributed by atoms with Gasteiger partial charge in [-0.25, -0.2) is 0 Å². The first kappa shape index (κ1) is 13.6. The molecule has 100 valence electrons. The fraction of sp³-hybridized carbons (Fsp3) is 0.625. The van der Waals surface area contributed by atoms with Gasteiger partial charge in [-0.3, -0.25) is 0 Å². The molecule has 2 nitrogen and oxygen atoms in total. The molecule has 1 saturated carbocycles. The van der Waals surface area contributed by atoms with Crippen LogP contribution in [0.2, 0.25) is 0 Å². The van der Waals surface area contributed by atoms with Crippen molar-refractivity contribution in [3.05, 3.63) is 35.4 Å². The zero-order valence-electron chi connectivity index (χ0n) is 11.7. The summed E-state index contributed by atoms with van der Waals surface area (Å²) in [6, 6.07) is 9.04. The lowest BCUT2D eigenvalue weighted by Crippen LogP contribution is -2.31. The van der Waals surface area contributed by atoms with Gasteiger partial charge in [-0.05, 0) is 57.6 Å². The van der Waals surface area contributed by atoms with E-state index in [0.717, 1.165) is 12.8 Å². The lowest BCUT2D eigenvalue weighted by Gasteiger charge is -2.21. The molecule has 0 spiro atoms. The third-order valence-electron chi connectivity index (χ3n) is 4.21. The van der Waals surface area contributed by atoms with Gasteiger partial charge in [0.1, 0.15) is 0 Å². The van der Waals surface area contributed by atoms with E-state index in [0.29, 0.717) is 0 Å². The Morgan fingerprint density at radius 3 is 2.22 bits per heavy atom. The summed E-state index contributed by atoms with van der Waals surface area (Å²) in [7, 11) is 0. The van der Waals surface area contributed by atoms with Crippen molar-refractivity contribution in [1.29, 1.82) is 0 Å². The highest BCUT2D eigenvalue weighted by molar-refractivity contribution is 5.35. The molecule has 1 unspecified atom stereocenters. The van der Waals surface area contributed by atoms with E-state index in [1.807, 2.05) is 13.8 Å². The van der Waals surface area contributed by atoms with Gasteiger partial charge in [0, 0.05) is 11.5 Å². The summed E-state index contributed by atoms with van der Waals surface area (Å²) in [6.45, 7) is 5.82. The van der Waals surface area contributed by atoms with Crippen molar-refractivity contribution in [2.75, 3.05) is 0 Å². The Morgan fingerprint density at radius 1 is 1.28 bits per heavy atom. The second-order valence-corrected chi connectivity index (χ2v) is 6.45. The Balaban J connectivity index is 2.03. The number of benzene rings is 1. The molecule has 0 heterocycles. The van der Waals surface area contributed by atoms with Crippen LogP contribution in [0.25, 0.3) is 0 Å². The number of rotatable bonds is 5. The third kappa shape index (κ3) is 2.93. The van der Waals surface area contributed by atoms with Crippen LogP contribution in [-0.4, -0.2) is 16.7 Å². The number of hydrogen-bond acceptors (Lipinski definition) is 2. The molecule has 1 aromatic rings. The molecule has 18 heavy (non-hydrogen) atoms. The molecule has 1 atom stereocenters. The Morgan fingerprint density at radius 2 is 1.83 bits per heavy atom. The molecule has 0 aliphatic heterocycles. The molecule has 1 aliphatic carbocycles. The van der Waals surface area contributed by atoms with Crippen molar-refractivity contribution < 1.29 is 5.11 Å². The lowest BCUT2D eigenvalue weighted by molar-refractivity contribution is 0.0714. The standard InChI is InChI=1S/C16H25NO/c1-12(17)16(10-11-16)14-6-4-13(5-7-14)8-9-15(2,3)18/h4-7,12,18H,8-11,17H2,1-3H3. The van der Waals surface area contributed by atoms with Crippen LogP contribution in [0.4, 0.5) is 0 Å². The molecule has 2 heteroatoms. The summed E-state index contributed by atoms with van der Waals surface area (Å²) in [6.07, 6.45) is 4.15. The minimum Gasteiger partial charge on any atom is -0.390 e. The van der Waals surface area contributed by atoms with Gasteiger partial charge in [-0.15, -0.1) is 0 Å². The Labute approximate surface area is 110 Å². The molecular weight excluding hydrogens is 222 g/mol. The number of aryl methyl sites for hydroxylation is 1. The van der Waals surface area contributed by atoms with Crippen molar-refractivity contribution in [2.45, 2.75) is 63.5 Å². The largest absolute Gasteiger partial charge is 0.390 e. The maximum Gasteiger partial charge on any atom is 0.0594 e. The van der Waals surface area contributed by atoms with E-state index in [-0.39, 0.29) is 11.5 Å². The third-order valence-corrected chi connectivity index (χ3v) is 4.21. The molecule has 1 aromatic carbocycles. The van der Waals surface area contributed by atoms with Gasteiger partial charge in [0.25, 0.3) is 0 Å². The molecule has 0 amide bonds. The zero-order chi connectivity index (χ0) is 13.4. The molecule has 2 rings (SSSR count). The molecule has 1 aliphatic rings. The Kier molecular flexibility index (Phi) is 3.52. The lowest BCUT2D eigenvalue weighted by atomic mass is 9.88. The van der Waals surface area contributed by atoms with E-state index in [2.05, 4.69) is 31.2 Å². The maximum atomic E-state index is 9.73. The van der Waals surface area contributed by atoms with Gasteiger partial charge in [-0.1, -0.05) is 24.3 Å². The van der Waals surface area contributed by atoms with Crippen molar-refractivity contribution in [1.82, 2.24) is 0 Å². The van der Waals surface area contributed by atoms with Crippen LogP contribution in [0.1, 0.15) is 51.2 Å². The van der Waals surface area contributed by atoms with E-state index in [9.17, 15) is 5.11 Å². The van der Waals surface area contributed by atoms with Gasteiger partial charge >= 0.3 is 0 Å². The topological polar surface area (TPSA) is 46.2 Å². The number of hydrogen-bond donors (Lipinski definition) is 2. The number of aliphatic hydroxyl groups is 1. The molecule has 0 bridgehead atoms. The summed E-state index contributed by atoms with van der Waals surface area (Å²) < 4.78 is 0. The van der Waals surface area contributed by atoms with E-state index in [1.54, 1.807) is 0 Å². The minimum absolute atomic E-state index is 0.236. The van der Waals surface area contributed by atoms with Gasteiger partial charge in [0.05, 0.1) is 5.60 Å². The predicted octanol–water partition coefficient (Wildman–Crippen LogP) is 2.77. The van der Waals surface area contributed by atoms with Gasteiger partial charge in [0.2, 0.25) is 0 Å². The highest BCUT2D eigenvalue weighted by atomic mass is 16.3. The summed E-state index contributed by atoms with van der Waals surface area (Å²) in [5.41, 5.74) is 8.42. The summed E-state index contributed by atoms with van der Waals surface area (Å²) in [5.74, 6) is 0. The normalized spacial score (nSPS) is 19.6. The van der Waals surface area contributed by atoms with Crippen molar-refractivity contribution in [2.24, 2.45) is 5.73 Å². The fourth-order valence-corrected chi connectivity index (χ4v) is 2.60. The summed E-state index contributed by atoms with van der Waals surface area (Å²) in [4.78, 5) is 0. The van der Waals surface area contributed by atoms with Gasteiger partial charge < -0.3 is 10.8 Å². The van der Waals surface area contributed by atoms with E-state index in [4.69, 9.17) is 5.73 Å². The first-order valence-corrected chi connectivity index (χ1v) is 6.91. The van der Waals surface area contributed by atoms with E-state index < -0.39 is 5.60 Å². The molecule has 1 fully saturated rings. The Bertz CT molecular complexity index is 396. The first-order valence-electron chi connectivity index (χ1n) is 6.91. The molecule has 0 aromatic heterocycles. The van der Waals surface area contributed by atoms with Crippen LogP contribution < -0.4 is 5.73 Å². The average Bonchev–Trinajstić information content (AvgIpc) is 3.07. The SMILES string of the molecule is CC(N)C1(c2ccc(CCC(C)(C)O)cc2)CC1. The van der Waals surface area contributed by atoms with Crippen molar-refractivity contribution >= 4 is 0 Å². The second kappa shape index (κ2) is 4.67. The summed E-state index contributed by atoms with van der Waals surface area (Å²) in [5, 5.41) is 9.73. The van der Waals surface area contributed by atoms with Crippen LogP contribution in [0, 0.1) is 0 Å². The Hall–Kier alpha value is -0.860. The quantitative estimate of drug-likeness (QED) is 0.840. The van der Waals surface area contributed by atoms with Gasteiger partial charge in [-0.2, -0.15) is 0 Å². The van der Waals surface area contributed by atoms with Crippen molar-refractivity contribution in [3.63, 3.8) is 0 Å². The van der Waals surface area contributed by atoms with E-state index >= 15 is 0 Å². The van der Waals surface area contributed by atoms with Crippen LogP contribution >= 0.6 is 0 Å². The fourth-order valence-electron chi connectivity index (χ4n) is 2.60. The van der Waals surface area contributed by atoms with Crippen molar-refractivity contribution in [3.8, 4) is 0 Å².